The Bertz CT molecular complexity index is 168. The number of hydrogen-bond acceptors (Lipinski definition) is 1. The maximum atomic E-state index is 7.72. The Morgan fingerprint density at radius 1 is 1.31 bits per heavy atom. The molecule has 1 N–H and O–H groups in total. The summed E-state index contributed by atoms with van der Waals surface area (Å²) in [6.07, 6.45) is 4.03. The van der Waals surface area contributed by atoms with E-state index in [-0.39, 0.29) is 0 Å². The first-order chi connectivity index (χ1) is 5.99. The fourth-order valence-corrected chi connectivity index (χ4v) is 1.33. The van der Waals surface area contributed by atoms with Crippen LogP contribution < -0.4 is 0 Å². The lowest BCUT2D eigenvalue weighted by atomic mass is 9.89. The molecular weight excluding hydrogens is 158 g/mol. The number of allylic oxidation sites excluding steroid dienone is 1. The summed E-state index contributed by atoms with van der Waals surface area (Å²) >= 11 is 0. The molecule has 0 aromatic heterocycles. The largest absolute Gasteiger partial charge is 0.309 e. The summed E-state index contributed by atoms with van der Waals surface area (Å²) in [5, 5.41) is 7.72. The fraction of sp³-hybridized carbons (Fsp3) is 0.750. The monoisotopic (exact) mass is 181 g/mol. The van der Waals surface area contributed by atoms with Gasteiger partial charge in [-0.05, 0) is 30.6 Å². The van der Waals surface area contributed by atoms with Gasteiger partial charge in [-0.25, -0.2) is 0 Å². The molecule has 0 saturated heterocycles. The molecule has 1 nitrogen and oxygen atoms in total. The van der Waals surface area contributed by atoms with Crippen molar-refractivity contribution in [1.82, 2.24) is 0 Å². The van der Waals surface area contributed by atoms with E-state index in [0.717, 1.165) is 18.6 Å². The van der Waals surface area contributed by atoms with Gasteiger partial charge in [-0.3, -0.25) is 0 Å². The molecule has 0 bridgehead atoms. The van der Waals surface area contributed by atoms with E-state index < -0.39 is 0 Å². The third-order valence-electron chi connectivity index (χ3n) is 2.60. The van der Waals surface area contributed by atoms with Gasteiger partial charge in [0.05, 0.1) is 0 Å². The van der Waals surface area contributed by atoms with Crippen LogP contribution in [0, 0.1) is 23.2 Å². The van der Waals surface area contributed by atoms with Crippen LogP contribution in [0.15, 0.2) is 12.7 Å². The van der Waals surface area contributed by atoms with Crippen molar-refractivity contribution in [1.29, 1.82) is 5.41 Å². The van der Waals surface area contributed by atoms with Gasteiger partial charge in [0.25, 0.3) is 0 Å². The predicted molar refractivity (Wildman–Crippen MR) is 60.3 cm³/mol. The van der Waals surface area contributed by atoms with E-state index in [9.17, 15) is 0 Å². The molecule has 0 heterocycles. The van der Waals surface area contributed by atoms with E-state index in [1.54, 1.807) is 0 Å². The molecule has 1 heteroatoms. The average Bonchev–Trinajstić information content (AvgIpc) is 2.04. The molecule has 0 unspecified atom stereocenters. The number of nitrogens with one attached hydrogen (secondary N) is 1. The van der Waals surface area contributed by atoms with Gasteiger partial charge in [0.1, 0.15) is 0 Å². The van der Waals surface area contributed by atoms with Crippen LogP contribution in [0.4, 0.5) is 0 Å². The van der Waals surface area contributed by atoms with Crippen LogP contribution in [0.2, 0.25) is 0 Å². The first-order valence-corrected chi connectivity index (χ1v) is 5.18. The van der Waals surface area contributed by atoms with Crippen LogP contribution in [0.25, 0.3) is 0 Å². The molecule has 13 heavy (non-hydrogen) atoms. The van der Waals surface area contributed by atoms with Crippen molar-refractivity contribution in [2.24, 2.45) is 17.8 Å². The predicted octanol–water partition coefficient (Wildman–Crippen LogP) is 3.90. The lowest BCUT2D eigenvalue weighted by Gasteiger charge is -2.17. The van der Waals surface area contributed by atoms with E-state index in [2.05, 4.69) is 34.3 Å². The Hall–Kier alpha value is -0.590. The Kier molecular flexibility index (Phi) is 5.68. The van der Waals surface area contributed by atoms with Gasteiger partial charge >= 0.3 is 0 Å². The van der Waals surface area contributed by atoms with Crippen LogP contribution in [-0.2, 0) is 0 Å². The average molecular weight is 181 g/mol. The minimum atomic E-state index is 0.401. The highest BCUT2D eigenvalue weighted by atomic mass is 14.4. The topological polar surface area (TPSA) is 23.9 Å². The van der Waals surface area contributed by atoms with Crippen molar-refractivity contribution in [3.8, 4) is 0 Å². The molecule has 0 radical (unpaired) electrons. The normalized spacial score (nSPS) is 13.4. The Balaban J connectivity index is 3.85. The molecule has 0 spiro atoms. The Labute approximate surface area is 82.7 Å². The molecule has 0 aliphatic carbocycles. The van der Waals surface area contributed by atoms with Crippen molar-refractivity contribution in [3.05, 3.63) is 12.7 Å². The summed E-state index contributed by atoms with van der Waals surface area (Å²) in [6.45, 7) is 12.4. The van der Waals surface area contributed by atoms with Gasteiger partial charge < -0.3 is 5.41 Å². The van der Waals surface area contributed by atoms with Crippen molar-refractivity contribution in [2.45, 2.75) is 40.5 Å². The highest BCUT2D eigenvalue weighted by molar-refractivity contribution is 5.83. The van der Waals surface area contributed by atoms with E-state index in [1.807, 2.05) is 6.08 Å². The quantitative estimate of drug-likeness (QED) is 0.474. The third kappa shape index (κ3) is 4.87. The second-order valence-corrected chi connectivity index (χ2v) is 4.36. The molecule has 0 rings (SSSR count). The minimum absolute atomic E-state index is 0.401. The highest BCUT2D eigenvalue weighted by Crippen LogP contribution is 2.19. The zero-order chi connectivity index (χ0) is 10.4. The summed E-state index contributed by atoms with van der Waals surface area (Å²) in [7, 11) is 0. The molecule has 0 aromatic rings. The van der Waals surface area contributed by atoms with E-state index >= 15 is 0 Å². The molecule has 0 saturated carbocycles. The first-order valence-electron chi connectivity index (χ1n) is 5.18. The second-order valence-electron chi connectivity index (χ2n) is 4.36. The molecule has 76 valence electrons. The van der Waals surface area contributed by atoms with Crippen LogP contribution in [-0.4, -0.2) is 5.71 Å². The van der Waals surface area contributed by atoms with Gasteiger partial charge in [-0.2, -0.15) is 0 Å². The van der Waals surface area contributed by atoms with E-state index in [1.165, 1.54) is 0 Å². The molecule has 1 atom stereocenters. The van der Waals surface area contributed by atoms with Crippen LogP contribution in [0.5, 0.6) is 0 Å². The number of hydrogen-bond donors (Lipinski definition) is 1. The Morgan fingerprint density at radius 3 is 2.15 bits per heavy atom. The van der Waals surface area contributed by atoms with Gasteiger partial charge in [0.15, 0.2) is 0 Å². The van der Waals surface area contributed by atoms with Crippen molar-refractivity contribution in [2.75, 3.05) is 0 Å². The fourth-order valence-electron chi connectivity index (χ4n) is 1.33. The smallest absolute Gasteiger partial charge is 0.0115 e. The SMILES string of the molecule is C=C[C@H](CCC(=N)C(C)C)C(C)C. The lowest BCUT2D eigenvalue weighted by Crippen LogP contribution is -2.11. The lowest BCUT2D eigenvalue weighted by molar-refractivity contribution is 0.442. The molecule has 0 fully saturated rings. The molecule has 0 amide bonds. The van der Waals surface area contributed by atoms with Gasteiger partial charge in [-0.1, -0.05) is 33.8 Å². The van der Waals surface area contributed by atoms with Crippen LogP contribution >= 0.6 is 0 Å². The zero-order valence-electron chi connectivity index (χ0n) is 9.43. The maximum absolute atomic E-state index is 7.72. The zero-order valence-corrected chi connectivity index (χ0v) is 9.43. The summed E-state index contributed by atoms with van der Waals surface area (Å²) in [5.74, 6) is 1.62. The third-order valence-corrected chi connectivity index (χ3v) is 2.60. The van der Waals surface area contributed by atoms with E-state index in [0.29, 0.717) is 17.8 Å². The molecule has 0 aromatic carbocycles. The number of rotatable bonds is 6. The molecule has 0 aliphatic rings. The second kappa shape index (κ2) is 5.95. The van der Waals surface area contributed by atoms with Crippen LogP contribution in [0.1, 0.15) is 40.5 Å². The maximum Gasteiger partial charge on any atom is 0.0115 e. The van der Waals surface area contributed by atoms with Gasteiger partial charge in [0, 0.05) is 5.71 Å². The summed E-state index contributed by atoms with van der Waals surface area (Å²) < 4.78 is 0. The summed E-state index contributed by atoms with van der Waals surface area (Å²) in [5.41, 5.74) is 0.868. The molecule has 0 aliphatic heterocycles. The van der Waals surface area contributed by atoms with Gasteiger partial charge in [-0.15, -0.1) is 6.58 Å². The summed E-state index contributed by atoms with van der Waals surface area (Å²) in [4.78, 5) is 0. The minimum Gasteiger partial charge on any atom is -0.309 e. The van der Waals surface area contributed by atoms with Crippen LogP contribution in [0.3, 0.4) is 0 Å². The van der Waals surface area contributed by atoms with E-state index in [4.69, 9.17) is 5.41 Å². The first kappa shape index (κ1) is 12.4. The van der Waals surface area contributed by atoms with Crippen molar-refractivity contribution < 1.29 is 0 Å². The standard InChI is InChI=1S/C12H23N/c1-6-11(9(2)3)7-8-12(13)10(4)5/h6,9-11,13H,1,7-8H2,2-5H3/t11-/m1/s1. The van der Waals surface area contributed by atoms with Crippen molar-refractivity contribution in [3.63, 3.8) is 0 Å². The summed E-state index contributed by atoms with van der Waals surface area (Å²) in [6, 6.07) is 0. The van der Waals surface area contributed by atoms with Crippen molar-refractivity contribution >= 4 is 5.71 Å². The molecular formula is C12H23N. The van der Waals surface area contributed by atoms with Gasteiger partial charge in [0.2, 0.25) is 0 Å². The Morgan fingerprint density at radius 2 is 1.85 bits per heavy atom. The highest BCUT2D eigenvalue weighted by Gasteiger charge is 2.11.